The summed E-state index contributed by atoms with van der Waals surface area (Å²) >= 11 is 1.32. The molecule has 2 rings (SSSR count). The van der Waals surface area contributed by atoms with Gasteiger partial charge in [0.05, 0.1) is 0 Å². The highest BCUT2D eigenvalue weighted by Crippen LogP contribution is 2.32. The topological polar surface area (TPSA) is 85.1 Å². The second-order valence-electron chi connectivity index (χ2n) is 4.72. The molecule has 1 N–H and O–H groups in total. The monoisotopic (exact) mass is 319 g/mol. The van der Waals surface area contributed by atoms with Crippen molar-refractivity contribution in [3.63, 3.8) is 0 Å². The highest BCUT2D eigenvalue weighted by Gasteiger charge is 2.16. The van der Waals surface area contributed by atoms with Gasteiger partial charge in [-0.3, -0.25) is 9.59 Å². The third-order valence-corrected chi connectivity index (χ3v) is 4.22. The van der Waals surface area contributed by atoms with Crippen LogP contribution in [0.25, 0.3) is 0 Å². The van der Waals surface area contributed by atoms with Crippen LogP contribution in [0.3, 0.4) is 0 Å². The summed E-state index contributed by atoms with van der Waals surface area (Å²) in [6.45, 7) is 3.45. The third kappa shape index (κ3) is 3.94. The van der Waals surface area contributed by atoms with E-state index in [-0.39, 0.29) is 17.5 Å². The van der Waals surface area contributed by atoms with E-state index >= 15 is 0 Å². The van der Waals surface area contributed by atoms with Crippen LogP contribution in [0.2, 0.25) is 0 Å². The first-order chi connectivity index (χ1) is 10.5. The van der Waals surface area contributed by atoms with Gasteiger partial charge in [0.25, 0.3) is 5.56 Å². The molecule has 6 nitrogen and oxygen atoms in total. The highest BCUT2D eigenvalue weighted by atomic mass is 32.2. The van der Waals surface area contributed by atoms with Crippen molar-refractivity contribution in [3.05, 3.63) is 51.9 Å². The Morgan fingerprint density at radius 3 is 2.64 bits per heavy atom. The molecule has 0 radical (unpaired) electrons. The highest BCUT2D eigenvalue weighted by molar-refractivity contribution is 7.99. The molecule has 2 aromatic rings. The first kappa shape index (κ1) is 16.2. The first-order valence-electron chi connectivity index (χ1n) is 6.92. The Kier molecular flexibility index (Phi) is 5.32. The molecule has 0 amide bonds. The number of nitrogens with zero attached hydrogens (tertiary/aromatic N) is 3. The predicted molar refractivity (Wildman–Crippen MR) is 84.0 cm³/mol. The van der Waals surface area contributed by atoms with Crippen LogP contribution < -0.4 is 5.56 Å². The van der Waals surface area contributed by atoms with Crippen molar-refractivity contribution >= 4 is 17.7 Å². The third-order valence-electron chi connectivity index (χ3n) is 3.08. The fraction of sp³-hybridized carbons (Fsp3) is 0.333. The standard InChI is InChI=1S/C15H17N3O3S/c1-3-12-14(21)16-15(18(17-12)9-13(19)20)22-10(2)11-7-5-4-6-8-11/h4-8,10H,3,9H2,1-2H3,(H,19,20). The number of thioether (sulfide) groups is 1. The molecular formula is C15H17N3O3S. The maximum Gasteiger partial charge on any atom is 0.325 e. The smallest absolute Gasteiger partial charge is 0.325 e. The van der Waals surface area contributed by atoms with Crippen LogP contribution in [0, 0.1) is 0 Å². The maximum absolute atomic E-state index is 11.9. The Bertz CT molecular complexity index is 716. The molecule has 1 atom stereocenters. The van der Waals surface area contributed by atoms with E-state index in [0.717, 1.165) is 5.56 Å². The van der Waals surface area contributed by atoms with Crippen molar-refractivity contribution in [2.45, 2.75) is 37.2 Å². The van der Waals surface area contributed by atoms with Crippen LogP contribution in [0.5, 0.6) is 0 Å². The lowest BCUT2D eigenvalue weighted by atomic mass is 10.2. The number of aryl methyl sites for hydroxylation is 1. The molecule has 0 fully saturated rings. The summed E-state index contributed by atoms with van der Waals surface area (Å²) < 4.78 is 1.28. The fourth-order valence-corrected chi connectivity index (χ4v) is 2.90. The van der Waals surface area contributed by atoms with E-state index < -0.39 is 11.5 Å². The molecule has 0 bridgehead atoms. The molecule has 1 heterocycles. The zero-order valence-corrected chi connectivity index (χ0v) is 13.2. The van der Waals surface area contributed by atoms with Crippen LogP contribution in [-0.4, -0.2) is 25.8 Å². The summed E-state index contributed by atoms with van der Waals surface area (Å²) in [6, 6.07) is 9.75. The normalized spacial score (nSPS) is 12.1. The maximum atomic E-state index is 11.9. The van der Waals surface area contributed by atoms with Gasteiger partial charge in [0, 0.05) is 5.25 Å². The Balaban J connectivity index is 2.34. The SMILES string of the molecule is CCc1nn(CC(=O)O)c(SC(C)c2ccccc2)nc1=O. The van der Waals surface area contributed by atoms with E-state index in [1.165, 1.54) is 16.4 Å². The molecule has 0 aliphatic carbocycles. The van der Waals surface area contributed by atoms with Crippen molar-refractivity contribution < 1.29 is 9.90 Å². The molecule has 22 heavy (non-hydrogen) atoms. The quantitative estimate of drug-likeness (QED) is 0.821. The summed E-state index contributed by atoms with van der Waals surface area (Å²) in [5.41, 5.74) is 0.952. The number of hydrogen-bond donors (Lipinski definition) is 1. The zero-order chi connectivity index (χ0) is 16.1. The molecule has 0 spiro atoms. The minimum Gasteiger partial charge on any atom is -0.480 e. The van der Waals surface area contributed by atoms with Gasteiger partial charge in [0.15, 0.2) is 5.16 Å². The van der Waals surface area contributed by atoms with Gasteiger partial charge in [0.2, 0.25) is 0 Å². The Morgan fingerprint density at radius 1 is 1.36 bits per heavy atom. The Morgan fingerprint density at radius 2 is 2.05 bits per heavy atom. The first-order valence-corrected chi connectivity index (χ1v) is 7.80. The van der Waals surface area contributed by atoms with Crippen molar-refractivity contribution in [3.8, 4) is 0 Å². The summed E-state index contributed by atoms with van der Waals surface area (Å²) in [7, 11) is 0. The number of aliphatic carboxylic acids is 1. The van der Waals surface area contributed by atoms with Gasteiger partial charge in [-0.1, -0.05) is 49.0 Å². The van der Waals surface area contributed by atoms with Crippen LogP contribution in [-0.2, 0) is 17.8 Å². The summed E-state index contributed by atoms with van der Waals surface area (Å²) in [6.07, 6.45) is 0.421. The van der Waals surface area contributed by atoms with Crippen molar-refractivity contribution in [2.24, 2.45) is 0 Å². The molecule has 1 unspecified atom stereocenters. The van der Waals surface area contributed by atoms with Crippen molar-refractivity contribution in [1.82, 2.24) is 14.8 Å². The molecule has 0 saturated carbocycles. The second kappa shape index (κ2) is 7.22. The number of hydrogen-bond acceptors (Lipinski definition) is 5. The van der Waals surface area contributed by atoms with Crippen molar-refractivity contribution in [2.75, 3.05) is 0 Å². The largest absolute Gasteiger partial charge is 0.480 e. The van der Waals surface area contributed by atoms with Gasteiger partial charge < -0.3 is 5.11 Å². The number of rotatable bonds is 6. The van der Waals surface area contributed by atoms with E-state index in [4.69, 9.17) is 5.11 Å². The summed E-state index contributed by atoms with van der Waals surface area (Å²) in [5, 5.41) is 13.5. The number of carboxylic acid groups (broad SMARTS) is 1. The van der Waals surface area contributed by atoms with Gasteiger partial charge in [-0.2, -0.15) is 10.1 Å². The van der Waals surface area contributed by atoms with E-state index in [0.29, 0.717) is 11.6 Å². The van der Waals surface area contributed by atoms with Gasteiger partial charge in [-0.05, 0) is 18.9 Å². The van der Waals surface area contributed by atoms with Crippen LogP contribution in [0.4, 0.5) is 0 Å². The molecule has 7 heteroatoms. The zero-order valence-electron chi connectivity index (χ0n) is 12.4. The van der Waals surface area contributed by atoms with Gasteiger partial charge >= 0.3 is 5.97 Å². The minimum atomic E-state index is -1.02. The van der Waals surface area contributed by atoms with Crippen LogP contribution in [0.1, 0.15) is 30.4 Å². The lowest BCUT2D eigenvalue weighted by Gasteiger charge is -2.14. The molecule has 0 saturated heterocycles. The predicted octanol–water partition coefficient (Wildman–Crippen LogP) is 2.14. The molecule has 1 aromatic carbocycles. The van der Waals surface area contributed by atoms with E-state index in [1.807, 2.05) is 37.3 Å². The Hall–Kier alpha value is -2.15. The summed E-state index contributed by atoms with van der Waals surface area (Å²) in [4.78, 5) is 26.9. The Labute approximate surface area is 132 Å². The minimum absolute atomic E-state index is 0.0300. The van der Waals surface area contributed by atoms with Crippen molar-refractivity contribution in [1.29, 1.82) is 0 Å². The van der Waals surface area contributed by atoms with Crippen LogP contribution in [0.15, 0.2) is 40.3 Å². The molecule has 116 valence electrons. The molecule has 1 aromatic heterocycles. The lowest BCUT2D eigenvalue weighted by Crippen LogP contribution is -2.25. The number of benzene rings is 1. The van der Waals surface area contributed by atoms with Gasteiger partial charge in [0.1, 0.15) is 12.2 Å². The second-order valence-corrected chi connectivity index (χ2v) is 6.03. The average Bonchev–Trinajstić information content (AvgIpc) is 2.50. The number of carboxylic acids is 1. The van der Waals surface area contributed by atoms with Gasteiger partial charge in [-0.15, -0.1) is 0 Å². The van der Waals surface area contributed by atoms with E-state index in [9.17, 15) is 9.59 Å². The number of aromatic nitrogens is 3. The fourth-order valence-electron chi connectivity index (χ4n) is 1.93. The van der Waals surface area contributed by atoms with E-state index in [1.54, 1.807) is 6.92 Å². The van der Waals surface area contributed by atoms with E-state index in [2.05, 4.69) is 10.1 Å². The number of carbonyl (C=O) groups is 1. The lowest BCUT2D eigenvalue weighted by molar-refractivity contribution is -0.138. The summed E-state index contributed by atoms with van der Waals surface area (Å²) in [5.74, 6) is -1.02. The molecular weight excluding hydrogens is 302 g/mol. The average molecular weight is 319 g/mol. The van der Waals surface area contributed by atoms with Crippen LogP contribution >= 0.6 is 11.8 Å². The molecule has 0 aliphatic rings. The van der Waals surface area contributed by atoms with Gasteiger partial charge in [-0.25, -0.2) is 4.68 Å². The molecule has 0 aliphatic heterocycles.